The molecule has 5 aromatic carbocycles. The molecule has 0 unspecified atom stereocenters. The van der Waals surface area contributed by atoms with E-state index < -0.39 is 0 Å². The van der Waals surface area contributed by atoms with Gasteiger partial charge in [0.2, 0.25) is 0 Å². The first-order valence-electron chi connectivity index (χ1n) is 11.6. The quantitative estimate of drug-likeness (QED) is 0.239. The fourth-order valence-electron chi connectivity index (χ4n) is 4.27. The summed E-state index contributed by atoms with van der Waals surface area (Å²) in [6.45, 7) is 2.13. The lowest BCUT2D eigenvalue weighted by Crippen LogP contribution is -2.09. The van der Waals surface area contributed by atoms with E-state index in [4.69, 9.17) is 0 Å². The maximum absolute atomic E-state index is 2.29. The summed E-state index contributed by atoms with van der Waals surface area (Å²) in [7, 11) is 0. The van der Waals surface area contributed by atoms with Crippen LogP contribution in [0.1, 0.15) is 22.3 Å². The number of nitrogens with zero attached hydrogens (tertiary/aromatic N) is 1. The molecule has 0 fully saturated rings. The molecule has 0 atom stereocenters. The molecule has 0 bridgehead atoms. The van der Waals surface area contributed by atoms with E-state index >= 15 is 0 Å². The monoisotopic (exact) mass is 437 g/mol. The first kappa shape index (κ1) is 21.5. The Morgan fingerprint density at radius 3 is 1.56 bits per heavy atom. The van der Waals surface area contributed by atoms with Crippen LogP contribution in [-0.2, 0) is 0 Å². The van der Waals surface area contributed by atoms with E-state index in [0.717, 1.165) is 17.1 Å². The predicted octanol–water partition coefficient (Wildman–Crippen LogP) is 9.05. The average Bonchev–Trinajstić information content (AvgIpc) is 2.90. The van der Waals surface area contributed by atoms with Crippen molar-refractivity contribution >= 4 is 28.7 Å². The van der Waals surface area contributed by atoms with Crippen LogP contribution in [0.3, 0.4) is 0 Å². The van der Waals surface area contributed by atoms with Crippen LogP contribution in [-0.4, -0.2) is 0 Å². The van der Waals surface area contributed by atoms with Gasteiger partial charge in [0, 0.05) is 17.1 Å². The van der Waals surface area contributed by atoms with Crippen LogP contribution < -0.4 is 4.90 Å². The van der Waals surface area contributed by atoms with Crippen molar-refractivity contribution in [1.82, 2.24) is 0 Å². The van der Waals surface area contributed by atoms with Crippen LogP contribution in [0.15, 0.2) is 140 Å². The summed E-state index contributed by atoms with van der Waals surface area (Å²) in [6, 6.07) is 49.1. The van der Waals surface area contributed by atoms with Gasteiger partial charge in [-0.05, 0) is 71.7 Å². The minimum Gasteiger partial charge on any atom is -0.311 e. The summed E-state index contributed by atoms with van der Waals surface area (Å²) in [4.78, 5) is 2.29. The van der Waals surface area contributed by atoms with E-state index in [-0.39, 0.29) is 0 Å². The van der Waals surface area contributed by atoms with E-state index in [0.29, 0.717) is 0 Å². The van der Waals surface area contributed by atoms with Crippen molar-refractivity contribution < 1.29 is 0 Å². The van der Waals surface area contributed by atoms with Gasteiger partial charge in [0.1, 0.15) is 0 Å². The van der Waals surface area contributed by atoms with Crippen LogP contribution in [0.2, 0.25) is 0 Å². The molecular weight excluding hydrogens is 410 g/mol. The second kappa shape index (κ2) is 10.1. The molecule has 5 aromatic rings. The average molecular weight is 438 g/mol. The van der Waals surface area contributed by atoms with Crippen LogP contribution in [0, 0.1) is 6.92 Å². The Hall–Kier alpha value is -4.36. The predicted molar refractivity (Wildman–Crippen MR) is 146 cm³/mol. The standard InChI is InChI=1S/C33H27N/c1-26-12-11-13-27(24-26)25-33(28-14-5-2-6-15-28)29-20-22-32(23-21-29)34(30-16-7-3-8-17-30)31-18-9-4-10-19-31/h2-25H,1H3/b33-25+. The molecule has 1 heteroatoms. The highest BCUT2D eigenvalue weighted by Gasteiger charge is 2.13. The van der Waals surface area contributed by atoms with Crippen molar-refractivity contribution in [1.29, 1.82) is 0 Å². The van der Waals surface area contributed by atoms with Gasteiger partial charge in [-0.3, -0.25) is 0 Å². The number of anilines is 3. The highest BCUT2D eigenvalue weighted by molar-refractivity contribution is 5.92. The fourth-order valence-corrected chi connectivity index (χ4v) is 4.27. The van der Waals surface area contributed by atoms with Crippen molar-refractivity contribution in [2.24, 2.45) is 0 Å². The zero-order valence-electron chi connectivity index (χ0n) is 19.3. The van der Waals surface area contributed by atoms with Gasteiger partial charge in [-0.1, -0.05) is 109 Å². The van der Waals surface area contributed by atoms with Crippen LogP contribution in [0.4, 0.5) is 17.1 Å². The van der Waals surface area contributed by atoms with Gasteiger partial charge in [0.15, 0.2) is 0 Å². The molecule has 0 aliphatic heterocycles. The zero-order chi connectivity index (χ0) is 23.2. The molecule has 0 aliphatic rings. The summed E-state index contributed by atoms with van der Waals surface area (Å²) in [5, 5.41) is 0. The molecule has 0 saturated heterocycles. The molecule has 0 aromatic heterocycles. The van der Waals surface area contributed by atoms with Gasteiger partial charge in [0.25, 0.3) is 0 Å². The van der Waals surface area contributed by atoms with Crippen LogP contribution in [0.25, 0.3) is 11.6 Å². The molecule has 0 heterocycles. The number of aryl methyl sites for hydroxylation is 1. The molecular formula is C33H27N. The molecule has 0 saturated carbocycles. The minimum absolute atomic E-state index is 1.13. The van der Waals surface area contributed by atoms with Crippen LogP contribution >= 0.6 is 0 Å². The lowest BCUT2D eigenvalue weighted by molar-refractivity contribution is 1.28. The highest BCUT2D eigenvalue weighted by Crippen LogP contribution is 2.35. The fraction of sp³-hybridized carbons (Fsp3) is 0.0303. The molecule has 0 N–H and O–H groups in total. The zero-order valence-corrected chi connectivity index (χ0v) is 19.3. The topological polar surface area (TPSA) is 3.24 Å². The summed E-state index contributed by atoms with van der Waals surface area (Å²) in [5.74, 6) is 0. The van der Waals surface area contributed by atoms with Gasteiger partial charge in [-0.2, -0.15) is 0 Å². The van der Waals surface area contributed by atoms with Crippen molar-refractivity contribution in [2.45, 2.75) is 6.92 Å². The Labute approximate surface area is 202 Å². The van der Waals surface area contributed by atoms with Crippen molar-refractivity contribution in [2.75, 3.05) is 4.90 Å². The second-order valence-corrected chi connectivity index (χ2v) is 8.39. The number of rotatable bonds is 6. The molecule has 0 aliphatic carbocycles. The van der Waals surface area contributed by atoms with Gasteiger partial charge < -0.3 is 4.90 Å². The number of para-hydroxylation sites is 2. The molecule has 0 spiro atoms. The van der Waals surface area contributed by atoms with E-state index in [1.54, 1.807) is 0 Å². The number of hydrogen-bond donors (Lipinski definition) is 0. The first-order valence-corrected chi connectivity index (χ1v) is 11.6. The third-order valence-electron chi connectivity index (χ3n) is 5.90. The summed E-state index contributed by atoms with van der Waals surface area (Å²) < 4.78 is 0. The van der Waals surface area contributed by atoms with Gasteiger partial charge >= 0.3 is 0 Å². The smallest absolute Gasteiger partial charge is 0.0462 e. The first-order chi connectivity index (χ1) is 16.8. The molecule has 0 amide bonds. The minimum atomic E-state index is 1.13. The van der Waals surface area contributed by atoms with Crippen LogP contribution in [0.5, 0.6) is 0 Å². The second-order valence-electron chi connectivity index (χ2n) is 8.39. The summed E-state index contributed by atoms with van der Waals surface area (Å²) >= 11 is 0. The number of hydrogen-bond acceptors (Lipinski definition) is 1. The largest absolute Gasteiger partial charge is 0.311 e. The van der Waals surface area contributed by atoms with Crippen molar-refractivity contribution in [3.63, 3.8) is 0 Å². The SMILES string of the molecule is Cc1cccc(/C=C(\c2ccccc2)c2ccc(N(c3ccccc3)c3ccccc3)cc2)c1. The Bertz CT molecular complexity index is 1330. The van der Waals surface area contributed by atoms with E-state index in [9.17, 15) is 0 Å². The maximum atomic E-state index is 2.29. The lowest BCUT2D eigenvalue weighted by atomic mass is 9.95. The molecule has 1 nitrogen and oxygen atoms in total. The summed E-state index contributed by atoms with van der Waals surface area (Å²) in [6.07, 6.45) is 2.28. The van der Waals surface area contributed by atoms with Crippen molar-refractivity contribution in [3.05, 3.63) is 162 Å². The van der Waals surface area contributed by atoms with E-state index in [1.165, 1.54) is 27.8 Å². The Kier molecular flexibility index (Phi) is 6.36. The summed E-state index contributed by atoms with van der Waals surface area (Å²) in [5.41, 5.74) is 9.49. The maximum Gasteiger partial charge on any atom is 0.0462 e. The Balaban J connectivity index is 1.58. The van der Waals surface area contributed by atoms with E-state index in [1.807, 2.05) is 0 Å². The van der Waals surface area contributed by atoms with Gasteiger partial charge in [-0.15, -0.1) is 0 Å². The normalized spacial score (nSPS) is 11.3. The Morgan fingerprint density at radius 2 is 1.00 bits per heavy atom. The van der Waals surface area contributed by atoms with Gasteiger partial charge in [0.05, 0.1) is 0 Å². The van der Waals surface area contributed by atoms with Gasteiger partial charge in [-0.25, -0.2) is 0 Å². The Morgan fingerprint density at radius 1 is 0.500 bits per heavy atom. The third kappa shape index (κ3) is 4.84. The third-order valence-corrected chi connectivity index (χ3v) is 5.90. The molecule has 5 rings (SSSR count). The van der Waals surface area contributed by atoms with Crippen molar-refractivity contribution in [3.8, 4) is 0 Å². The number of benzene rings is 5. The van der Waals surface area contributed by atoms with E-state index in [2.05, 4.69) is 157 Å². The highest BCUT2D eigenvalue weighted by atomic mass is 15.1. The molecule has 34 heavy (non-hydrogen) atoms. The molecule has 164 valence electrons. The lowest BCUT2D eigenvalue weighted by Gasteiger charge is -2.25. The molecule has 0 radical (unpaired) electrons.